The van der Waals surface area contributed by atoms with Crippen LogP contribution in [-0.2, 0) is 0 Å². The molecule has 0 aromatic heterocycles. The number of rotatable bonds is 2. The molecule has 0 spiro atoms. The van der Waals surface area contributed by atoms with Crippen LogP contribution in [0.25, 0.3) is 0 Å². The standard InChI is InChI=1S/C4H10S2/c1-4(6)2-3-5/h4-6H,2-3H2,1H3/t4-/m0/s1. The molecule has 6 heavy (non-hydrogen) atoms. The van der Waals surface area contributed by atoms with E-state index in [-0.39, 0.29) is 0 Å². The molecule has 0 aromatic carbocycles. The van der Waals surface area contributed by atoms with Gasteiger partial charge in [0, 0.05) is 0 Å². The molecule has 1 atom stereocenters. The first-order valence-electron chi connectivity index (χ1n) is 2.06. The van der Waals surface area contributed by atoms with Gasteiger partial charge in [0.2, 0.25) is 0 Å². The quantitative estimate of drug-likeness (QED) is 0.511. The van der Waals surface area contributed by atoms with Crippen LogP contribution in [0.5, 0.6) is 0 Å². The van der Waals surface area contributed by atoms with Gasteiger partial charge in [0.25, 0.3) is 0 Å². The van der Waals surface area contributed by atoms with Gasteiger partial charge in [-0.1, -0.05) is 6.92 Å². The monoisotopic (exact) mass is 122 g/mol. The Labute approximate surface area is 50.1 Å². The third-order valence-corrected chi connectivity index (χ3v) is 1.06. The molecule has 0 radical (unpaired) electrons. The molecule has 0 unspecified atom stereocenters. The minimum absolute atomic E-state index is 0.516. The molecule has 0 amide bonds. The molecule has 0 rings (SSSR count). The van der Waals surface area contributed by atoms with E-state index >= 15 is 0 Å². The van der Waals surface area contributed by atoms with Crippen LogP contribution in [0.3, 0.4) is 0 Å². The molecule has 2 heteroatoms. The van der Waals surface area contributed by atoms with Gasteiger partial charge < -0.3 is 0 Å². The smallest absolute Gasteiger partial charge is 0.000383 e. The molecule has 0 aliphatic rings. The lowest BCUT2D eigenvalue weighted by atomic mass is 10.4. The third-order valence-electron chi connectivity index (χ3n) is 0.547. The number of thiol groups is 2. The number of hydrogen-bond acceptors (Lipinski definition) is 2. The van der Waals surface area contributed by atoms with Crippen molar-refractivity contribution in [3.8, 4) is 0 Å². The maximum Gasteiger partial charge on any atom is -0.000383 e. The lowest BCUT2D eigenvalue weighted by Crippen LogP contribution is -1.89. The fourth-order valence-corrected chi connectivity index (χ4v) is 0.907. The van der Waals surface area contributed by atoms with Crippen molar-refractivity contribution in [3.05, 3.63) is 0 Å². The Balaban J connectivity index is 2.63. The fraction of sp³-hybridized carbons (Fsp3) is 1.00. The average molecular weight is 122 g/mol. The molecular weight excluding hydrogens is 112 g/mol. The summed E-state index contributed by atoms with van der Waals surface area (Å²) in [5.74, 6) is 0.949. The fourth-order valence-electron chi connectivity index (χ4n) is 0.187. The van der Waals surface area contributed by atoms with Crippen LogP contribution in [0.2, 0.25) is 0 Å². The van der Waals surface area contributed by atoms with Gasteiger partial charge in [-0.25, -0.2) is 0 Å². The van der Waals surface area contributed by atoms with Crippen molar-refractivity contribution in [2.75, 3.05) is 5.75 Å². The first-order chi connectivity index (χ1) is 2.77. The Morgan fingerprint density at radius 2 is 2.17 bits per heavy atom. The van der Waals surface area contributed by atoms with Crippen molar-refractivity contribution in [2.45, 2.75) is 18.6 Å². The summed E-state index contributed by atoms with van der Waals surface area (Å²) in [6, 6.07) is 0. The molecule has 38 valence electrons. The van der Waals surface area contributed by atoms with Gasteiger partial charge in [-0.05, 0) is 17.4 Å². The molecule has 0 nitrogen and oxygen atoms in total. The molecule has 0 bridgehead atoms. The zero-order chi connectivity index (χ0) is 4.99. The van der Waals surface area contributed by atoms with Gasteiger partial charge in [0.05, 0.1) is 0 Å². The van der Waals surface area contributed by atoms with Crippen molar-refractivity contribution in [1.82, 2.24) is 0 Å². The van der Waals surface area contributed by atoms with Crippen molar-refractivity contribution in [1.29, 1.82) is 0 Å². The maximum absolute atomic E-state index is 4.13. The molecular formula is C4H10S2. The third kappa shape index (κ3) is 4.70. The van der Waals surface area contributed by atoms with E-state index in [2.05, 4.69) is 32.2 Å². The van der Waals surface area contributed by atoms with Gasteiger partial charge in [0.15, 0.2) is 0 Å². The van der Waals surface area contributed by atoms with E-state index < -0.39 is 0 Å². The van der Waals surface area contributed by atoms with E-state index in [4.69, 9.17) is 0 Å². The van der Waals surface area contributed by atoms with Crippen LogP contribution in [-0.4, -0.2) is 11.0 Å². The maximum atomic E-state index is 4.13. The summed E-state index contributed by atoms with van der Waals surface area (Å²) in [5.41, 5.74) is 0. The Morgan fingerprint density at radius 3 is 2.17 bits per heavy atom. The Bertz CT molecular complexity index is 26.7. The first kappa shape index (κ1) is 6.70. The molecule has 0 saturated heterocycles. The minimum Gasteiger partial charge on any atom is -0.179 e. The van der Waals surface area contributed by atoms with E-state index in [0.717, 1.165) is 12.2 Å². The highest BCUT2D eigenvalue weighted by molar-refractivity contribution is 7.81. The van der Waals surface area contributed by atoms with Crippen LogP contribution in [0.4, 0.5) is 0 Å². The molecule has 0 aliphatic carbocycles. The summed E-state index contributed by atoms with van der Waals surface area (Å²) in [6.45, 7) is 2.07. The molecule has 0 N–H and O–H groups in total. The van der Waals surface area contributed by atoms with E-state index in [1.54, 1.807) is 0 Å². The van der Waals surface area contributed by atoms with E-state index in [0.29, 0.717) is 5.25 Å². The highest BCUT2D eigenvalue weighted by Crippen LogP contribution is 1.98. The van der Waals surface area contributed by atoms with Crippen LogP contribution in [0.1, 0.15) is 13.3 Å². The van der Waals surface area contributed by atoms with Gasteiger partial charge >= 0.3 is 0 Å². The topological polar surface area (TPSA) is 0 Å². The highest BCUT2D eigenvalue weighted by atomic mass is 32.1. The predicted octanol–water partition coefficient (Wildman–Crippen LogP) is 1.62. The summed E-state index contributed by atoms with van der Waals surface area (Å²) in [5, 5.41) is 0.516. The Hall–Kier alpha value is 0.700. The summed E-state index contributed by atoms with van der Waals surface area (Å²) in [4.78, 5) is 0. The molecule has 0 fully saturated rings. The van der Waals surface area contributed by atoms with Crippen molar-refractivity contribution < 1.29 is 0 Å². The summed E-state index contributed by atoms with van der Waals surface area (Å²) < 4.78 is 0. The molecule has 0 saturated carbocycles. The van der Waals surface area contributed by atoms with Gasteiger partial charge in [0.1, 0.15) is 0 Å². The van der Waals surface area contributed by atoms with Crippen LogP contribution in [0, 0.1) is 0 Å². The van der Waals surface area contributed by atoms with Crippen LogP contribution in [0.15, 0.2) is 0 Å². The average Bonchev–Trinajstić information content (AvgIpc) is 1.35. The van der Waals surface area contributed by atoms with Gasteiger partial charge in [-0.2, -0.15) is 25.3 Å². The second-order valence-electron chi connectivity index (χ2n) is 1.36. The molecule has 0 heterocycles. The lowest BCUT2D eigenvalue weighted by molar-refractivity contribution is 0.927. The lowest BCUT2D eigenvalue weighted by Gasteiger charge is -1.94. The second-order valence-corrected chi connectivity index (χ2v) is 2.69. The largest absolute Gasteiger partial charge is 0.179 e. The molecule has 0 aromatic rings. The predicted molar refractivity (Wildman–Crippen MR) is 36.9 cm³/mol. The zero-order valence-electron chi connectivity index (χ0n) is 3.89. The second kappa shape index (κ2) is 3.88. The van der Waals surface area contributed by atoms with Crippen molar-refractivity contribution in [3.63, 3.8) is 0 Å². The van der Waals surface area contributed by atoms with Crippen molar-refractivity contribution >= 4 is 25.3 Å². The SMILES string of the molecule is C[C@H](S)CCS. The zero-order valence-corrected chi connectivity index (χ0v) is 5.67. The normalized spacial score (nSPS) is 14.5. The minimum atomic E-state index is 0.516. The Morgan fingerprint density at radius 1 is 1.67 bits per heavy atom. The van der Waals surface area contributed by atoms with E-state index in [1.807, 2.05) is 0 Å². The van der Waals surface area contributed by atoms with Crippen molar-refractivity contribution in [2.24, 2.45) is 0 Å². The summed E-state index contributed by atoms with van der Waals surface area (Å²) in [7, 11) is 0. The number of hydrogen-bond donors (Lipinski definition) is 2. The van der Waals surface area contributed by atoms with Gasteiger partial charge in [-0.15, -0.1) is 0 Å². The van der Waals surface area contributed by atoms with Crippen LogP contribution < -0.4 is 0 Å². The Kier molecular flexibility index (Phi) is 4.33. The summed E-state index contributed by atoms with van der Waals surface area (Å²) >= 11 is 8.14. The highest BCUT2D eigenvalue weighted by Gasteiger charge is 1.87. The van der Waals surface area contributed by atoms with Gasteiger partial charge in [-0.3, -0.25) is 0 Å². The van der Waals surface area contributed by atoms with Crippen LogP contribution >= 0.6 is 25.3 Å². The summed E-state index contributed by atoms with van der Waals surface area (Å²) in [6.07, 6.45) is 1.10. The van der Waals surface area contributed by atoms with E-state index in [9.17, 15) is 0 Å². The first-order valence-corrected chi connectivity index (χ1v) is 3.21. The van der Waals surface area contributed by atoms with E-state index in [1.165, 1.54) is 0 Å². The molecule has 0 aliphatic heterocycles.